The van der Waals surface area contributed by atoms with Crippen LogP contribution in [0.3, 0.4) is 0 Å². The van der Waals surface area contributed by atoms with Gasteiger partial charge in [0.1, 0.15) is 6.17 Å². The number of carbonyl (C=O) groups excluding carboxylic acids is 1. The van der Waals surface area contributed by atoms with Gasteiger partial charge in [0, 0.05) is 11.3 Å². The van der Waals surface area contributed by atoms with Crippen molar-refractivity contribution < 1.29 is 27.1 Å². The van der Waals surface area contributed by atoms with E-state index >= 15 is 0 Å². The summed E-state index contributed by atoms with van der Waals surface area (Å²) in [6.45, 7) is 8.98. The quantitative estimate of drug-likeness (QED) is 0.313. The molecule has 0 aliphatic carbocycles. The van der Waals surface area contributed by atoms with E-state index in [9.17, 15) is 22.4 Å². The van der Waals surface area contributed by atoms with Crippen LogP contribution < -0.4 is 10.6 Å². The topological polar surface area (TPSA) is 50.4 Å². The van der Waals surface area contributed by atoms with E-state index in [0.717, 1.165) is 44.1 Å². The zero-order valence-electron chi connectivity index (χ0n) is 18.5. The SMILES string of the molecule is CC.CC/C=C(NC(=O)OCC1CCNCC1)\C(=C/C(C)F)c1cc(F)c(F)c(F)c1. The molecular weight excluding hydrogens is 412 g/mol. The highest BCUT2D eigenvalue weighted by atomic mass is 19.2. The Balaban J connectivity index is 0.00000233. The number of amides is 1. The van der Waals surface area contributed by atoms with Gasteiger partial charge in [-0.1, -0.05) is 26.8 Å². The zero-order valence-corrected chi connectivity index (χ0v) is 18.5. The van der Waals surface area contributed by atoms with E-state index in [-0.39, 0.29) is 29.4 Å². The first kappa shape index (κ1) is 26.7. The van der Waals surface area contributed by atoms with Crippen molar-refractivity contribution in [3.63, 3.8) is 0 Å². The predicted molar refractivity (Wildman–Crippen MR) is 115 cm³/mol. The van der Waals surface area contributed by atoms with Gasteiger partial charge in [0.15, 0.2) is 17.5 Å². The van der Waals surface area contributed by atoms with Gasteiger partial charge < -0.3 is 10.1 Å². The van der Waals surface area contributed by atoms with Gasteiger partial charge in [-0.15, -0.1) is 0 Å². The Labute approximate surface area is 181 Å². The fourth-order valence-electron chi connectivity index (χ4n) is 3.10. The van der Waals surface area contributed by atoms with Crippen molar-refractivity contribution in [2.45, 2.75) is 53.1 Å². The van der Waals surface area contributed by atoms with Crippen LogP contribution in [0.2, 0.25) is 0 Å². The van der Waals surface area contributed by atoms with E-state index in [1.165, 1.54) is 6.92 Å². The molecule has 1 heterocycles. The molecule has 174 valence electrons. The van der Waals surface area contributed by atoms with Crippen LogP contribution in [0.5, 0.6) is 0 Å². The molecule has 1 fully saturated rings. The number of rotatable bonds is 7. The summed E-state index contributed by atoms with van der Waals surface area (Å²) in [5, 5.41) is 5.75. The molecule has 8 heteroatoms. The molecule has 0 spiro atoms. The van der Waals surface area contributed by atoms with Crippen molar-refractivity contribution in [2.75, 3.05) is 19.7 Å². The third kappa shape index (κ3) is 8.73. The molecule has 0 aromatic heterocycles. The summed E-state index contributed by atoms with van der Waals surface area (Å²) >= 11 is 0. The van der Waals surface area contributed by atoms with Crippen molar-refractivity contribution in [1.29, 1.82) is 0 Å². The van der Waals surface area contributed by atoms with E-state index < -0.39 is 29.7 Å². The maximum Gasteiger partial charge on any atom is 0.411 e. The number of alkyl halides is 1. The van der Waals surface area contributed by atoms with Gasteiger partial charge in [-0.05, 0) is 69.0 Å². The normalized spacial score (nSPS) is 16.3. The summed E-state index contributed by atoms with van der Waals surface area (Å²) in [6.07, 6.45) is 2.68. The fourth-order valence-corrected chi connectivity index (χ4v) is 3.10. The maximum atomic E-state index is 13.7. The average molecular weight is 445 g/mol. The molecule has 2 rings (SSSR count). The van der Waals surface area contributed by atoms with E-state index in [4.69, 9.17) is 4.74 Å². The third-order valence-corrected chi connectivity index (χ3v) is 4.54. The van der Waals surface area contributed by atoms with Crippen molar-refractivity contribution in [3.05, 3.63) is 53.0 Å². The second kappa shape index (κ2) is 13.9. The van der Waals surface area contributed by atoms with E-state index in [2.05, 4.69) is 10.6 Å². The molecule has 1 aromatic carbocycles. The Kier molecular flexibility index (Phi) is 11.9. The minimum Gasteiger partial charge on any atom is -0.449 e. The van der Waals surface area contributed by atoms with Crippen molar-refractivity contribution in [1.82, 2.24) is 10.6 Å². The van der Waals surface area contributed by atoms with Gasteiger partial charge in [-0.3, -0.25) is 5.32 Å². The van der Waals surface area contributed by atoms with Crippen LogP contribution in [0, 0.1) is 23.4 Å². The van der Waals surface area contributed by atoms with E-state index in [0.29, 0.717) is 6.42 Å². The molecular formula is C23H32F4N2O2. The largest absolute Gasteiger partial charge is 0.449 e. The summed E-state index contributed by atoms with van der Waals surface area (Å²) in [5.74, 6) is -4.16. The predicted octanol–water partition coefficient (Wildman–Crippen LogP) is 5.89. The standard InChI is InChI=1S/C21H26F4N2O2.C2H6/c1-3-4-19(27-21(28)29-12-14-5-7-26-8-6-14)16(9-13(2)22)15-10-17(23)20(25)18(24)11-15;1-2/h4,9-11,13-14,26H,3,5-8,12H2,1-2H3,(H,27,28);1-2H3/b16-9-,19-4+;. The molecule has 1 unspecified atom stereocenters. The summed E-state index contributed by atoms with van der Waals surface area (Å²) in [5.41, 5.74) is 0.0837. The van der Waals surface area contributed by atoms with Gasteiger partial charge in [0.05, 0.1) is 6.61 Å². The lowest BCUT2D eigenvalue weighted by molar-refractivity contribution is 0.120. The molecule has 2 N–H and O–H groups in total. The van der Waals surface area contributed by atoms with Crippen LogP contribution in [-0.2, 0) is 4.74 Å². The van der Waals surface area contributed by atoms with E-state index in [1.807, 2.05) is 13.8 Å². The summed E-state index contributed by atoms with van der Waals surface area (Å²) < 4.78 is 59.7. The van der Waals surface area contributed by atoms with Gasteiger partial charge in [0.25, 0.3) is 0 Å². The molecule has 0 saturated carbocycles. The molecule has 4 nitrogen and oxygen atoms in total. The lowest BCUT2D eigenvalue weighted by Gasteiger charge is -2.22. The molecule has 0 bridgehead atoms. The maximum absolute atomic E-state index is 13.7. The van der Waals surface area contributed by atoms with Crippen LogP contribution in [0.15, 0.2) is 30.0 Å². The molecule has 1 atom stereocenters. The highest BCUT2D eigenvalue weighted by Gasteiger charge is 2.19. The highest BCUT2D eigenvalue weighted by Crippen LogP contribution is 2.26. The molecule has 1 aromatic rings. The Hall–Kier alpha value is -2.35. The number of allylic oxidation sites excluding steroid dienone is 3. The molecule has 31 heavy (non-hydrogen) atoms. The fraction of sp³-hybridized carbons (Fsp3) is 0.522. The summed E-state index contributed by atoms with van der Waals surface area (Å²) in [7, 11) is 0. The summed E-state index contributed by atoms with van der Waals surface area (Å²) in [6, 6.07) is 1.52. The second-order valence-electron chi connectivity index (χ2n) is 6.95. The Morgan fingerprint density at radius 2 is 1.81 bits per heavy atom. The highest BCUT2D eigenvalue weighted by molar-refractivity contribution is 5.84. The van der Waals surface area contributed by atoms with Gasteiger partial charge >= 0.3 is 6.09 Å². The molecule has 1 amide bonds. The van der Waals surface area contributed by atoms with Crippen molar-refractivity contribution >= 4 is 11.7 Å². The summed E-state index contributed by atoms with van der Waals surface area (Å²) in [4.78, 5) is 12.3. The minimum absolute atomic E-state index is 0.0402. The number of benzene rings is 1. The monoisotopic (exact) mass is 444 g/mol. The average Bonchev–Trinajstić information content (AvgIpc) is 2.76. The number of carbonyl (C=O) groups is 1. The van der Waals surface area contributed by atoms with Crippen LogP contribution in [0.4, 0.5) is 22.4 Å². The van der Waals surface area contributed by atoms with Gasteiger partial charge in [-0.2, -0.15) is 0 Å². The number of alkyl carbamates (subject to hydrolysis) is 1. The lowest BCUT2D eigenvalue weighted by atomic mass is 9.99. The van der Waals surface area contributed by atoms with Gasteiger partial charge in [0.2, 0.25) is 0 Å². The Morgan fingerprint density at radius 1 is 1.23 bits per heavy atom. The number of piperidine rings is 1. The first-order valence-electron chi connectivity index (χ1n) is 10.7. The molecule has 1 saturated heterocycles. The van der Waals surface area contributed by atoms with E-state index in [1.54, 1.807) is 13.0 Å². The first-order valence-corrected chi connectivity index (χ1v) is 10.7. The number of hydrogen-bond donors (Lipinski definition) is 2. The number of hydrogen-bond acceptors (Lipinski definition) is 3. The van der Waals surface area contributed by atoms with Crippen LogP contribution >= 0.6 is 0 Å². The number of halogens is 4. The van der Waals surface area contributed by atoms with Gasteiger partial charge in [-0.25, -0.2) is 22.4 Å². The number of ether oxygens (including phenoxy) is 1. The minimum atomic E-state index is -1.61. The number of nitrogens with one attached hydrogen (secondary N) is 2. The third-order valence-electron chi connectivity index (χ3n) is 4.54. The second-order valence-corrected chi connectivity index (χ2v) is 6.95. The molecule has 1 aliphatic heterocycles. The smallest absolute Gasteiger partial charge is 0.411 e. The van der Waals surface area contributed by atoms with Crippen LogP contribution in [-0.4, -0.2) is 32.0 Å². The molecule has 1 aliphatic rings. The van der Waals surface area contributed by atoms with Crippen LogP contribution in [0.1, 0.15) is 52.5 Å². The van der Waals surface area contributed by atoms with Crippen molar-refractivity contribution in [3.8, 4) is 0 Å². The molecule has 0 radical (unpaired) electrons. The Morgan fingerprint density at radius 3 is 2.32 bits per heavy atom. The van der Waals surface area contributed by atoms with Crippen LogP contribution in [0.25, 0.3) is 5.57 Å². The Bertz CT molecular complexity index is 750. The van der Waals surface area contributed by atoms with Crippen molar-refractivity contribution in [2.24, 2.45) is 5.92 Å². The zero-order chi connectivity index (χ0) is 23.4. The first-order chi connectivity index (χ1) is 14.8. The lowest BCUT2D eigenvalue weighted by Crippen LogP contribution is -2.32.